The van der Waals surface area contributed by atoms with E-state index in [0.29, 0.717) is 6.04 Å². The predicted octanol–water partition coefficient (Wildman–Crippen LogP) is 4.00. The second kappa shape index (κ2) is 6.74. The van der Waals surface area contributed by atoms with Crippen molar-refractivity contribution in [2.75, 3.05) is 6.54 Å². The highest BCUT2D eigenvalue weighted by molar-refractivity contribution is 14.1. The zero-order chi connectivity index (χ0) is 12.1. The summed E-state index contributed by atoms with van der Waals surface area (Å²) >= 11 is 2.37. The minimum atomic E-state index is 0.698. The molecule has 1 nitrogen and oxygen atoms in total. The van der Waals surface area contributed by atoms with Crippen molar-refractivity contribution in [1.29, 1.82) is 0 Å². The largest absolute Gasteiger partial charge is 0.313 e. The van der Waals surface area contributed by atoms with E-state index in [0.717, 1.165) is 12.5 Å². The molecule has 2 heteroatoms. The van der Waals surface area contributed by atoms with E-state index in [1.54, 1.807) is 0 Å². The molecule has 94 valence electrons. The summed E-state index contributed by atoms with van der Waals surface area (Å²) in [6.45, 7) is 3.40. The molecular formula is C15H22IN. The predicted molar refractivity (Wildman–Crippen MR) is 82.3 cm³/mol. The van der Waals surface area contributed by atoms with Gasteiger partial charge >= 0.3 is 0 Å². The molecule has 0 aromatic heterocycles. The first-order valence-electron chi connectivity index (χ1n) is 6.77. The first-order valence-corrected chi connectivity index (χ1v) is 7.85. The highest BCUT2D eigenvalue weighted by atomic mass is 127. The van der Waals surface area contributed by atoms with Gasteiger partial charge in [-0.2, -0.15) is 0 Å². The van der Waals surface area contributed by atoms with Gasteiger partial charge in [0, 0.05) is 9.61 Å². The van der Waals surface area contributed by atoms with Gasteiger partial charge in [-0.25, -0.2) is 0 Å². The van der Waals surface area contributed by atoms with Crippen LogP contribution in [0.3, 0.4) is 0 Å². The molecule has 0 amide bonds. The quantitative estimate of drug-likeness (QED) is 0.770. The molecular weight excluding hydrogens is 321 g/mol. The van der Waals surface area contributed by atoms with E-state index in [9.17, 15) is 0 Å². The fourth-order valence-electron chi connectivity index (χ4n) is 2.45. The Balaban J connectivity index is 1.93. The summed E-state index contributed by atoms with van der Waals surface area (Å²) < 4.78 is 1.33. The van der Waals surface area contributed by atoms with Gasteiger partial charge in [0.05, 0.1) is 0 Å². The number of halogens is 1. The van der Waals surface area contributed by atoms with Crippen molar-refractivity contribution in [3.63, 3.8) is 0 Å². The zero-order valence-electron chi connectivity index (χ0n) is 10.6. The number of hydrogen-bond donors (Lipinski definition) is 1. The van der Waals surface area contributed by atoms with Gasteiger partial charge in [-0.1, -0.05) is 25.5 Å². The third kappa shape index (κ3) is 3.95. The first-order chi connectivity index (χ1) is 8.29. The lowest BCUT2D eigenvalue weighted by atomic mass is 9.77. The Morgan fingerprint density at radius 1 is 1.29 bits per heavy atom. The van der Waals surface area contributed by atoms with E-state index >= 15 is 0 Å². The second-order valence-electron chi connectivity index (χ2n) is 5.08. The Morgan fingerprint density at radius 2 is 2.00 bits per heavy atom. The van der Waals surface area contributed by atoms with Crippen molar-refractivity contribution in [2.45, 2.75) is 45.1 Å². The number of benzene rings is 1. The molecule has 0 bridgehead atoms. The molecule has 1 atom stereocenters. The van der Waals surface area contributed by atoms with Crippen LogP contribution in [0.4, 0.5) is 0 Å². The average Bonchev–Trinajstić information content (AvgIpc) is 2.26. The monoisotopic (exact) mass is 343 g/mol. The van der Waals surface area contributed by atoms with Crippen LogP contribution < -0.4 is 5.32 Å². The lowest BCUT2D eigenvalue weighted by molar-refractivity contribution is 0.227. The maximum absolute atomic E-state index is 3.73. The standard InChI is InChI=1S/C15H22IN/c1-2-10-17-15(13-4-3-5-13)11-12-6-8-14(16)9-7-12/h6-9,13,15,17H,2-5,10-11H2,1H3. The lowest BCUT2D eigenvalue weighted by Crippen LogP contribution is -2.41. The molecule has 1 N–H and O–H groups in total. The molecule has 0 radical (unpaired) electrons. The van der Waals surface area contributed by atoms with Gasteiger partial charge in [0.25, 0.3) is 0 Å². The van der Waals surface area contributed by atoms with Gasteiger partial charge in [0.1, 0.15) is 0 Å². The summed E-state index contributed by atoms with van der Waals surface area (Å²) in [6.07, 6.45) is 6.71. The second-order valence-corrected chi connectivity index (χ2v) is 6.33. The third-order valence-corrected chi connectivity index (χ3v) is 4.46. The van der Waals surface area contributed by atoms with Crippen LogP contribution in [0.2, 0.25) is 0 Å². The van der Waals surface area contributed by atoms with E-state index in [1.807, 2.05) is 0 Å². The van der Waals surface area contributed by atoms with Gasteiger partial charge in [-0.15, -0.1) is 0 Å². The molecule has 1 saturated carbocycles. The molecule has 17 heavy (non-hydrogen) atoms. The molecule has 1 fully saturated rings. The summed E-state index contributed by atoms with van der Waals surface area (Å²) in [5.41, 5.74) is 1.48. The molecule has 1 unspecified atom stereocenters. The van der Waals surface area contributed by atoms with Crippen molar-refractivity contribution in [2.24, 2.45) is 5.92 Å². The minimum absolute atomic E-state index is 0.698. The summed E-state index contributed by atoms with van der Waals surface area (Å²) in [4.78, 5) is 0. The highest BCUT2D eigenvalue weighted by Crippen LogP contribution is 2.31. The van der Waals surface area contributed by atoms with Gasteiger partial charge in [-0.3, -0.25) is 0 Å². The van der Waals surface area contributed by atoms with Crippen molar-refractivity contribution in [1.82, 2.24) is 5.32 Å². The molecule has 1 aliphatic rings. The minimum Gasteiger partial charge on any atom is -0.313 e. The SMILES string of the molecule is CCCNC(Cc1ccc(I)cc1)C1CCC1. The maximum atomic E-state index is 3.73. The van der Waals surface area contributed by atoms with Crippen LogP contribution in [0, 0.1) is 9.49 Å². The molecule has 0 spiro atoms. The van der Waals surface area contributed by atoms with Gasteiger partial charge in [0.2, 0.25) is 0 Å². The van der Waals surface area contributed by atoms with Gasteiger partial charge < -0.3 is 5.32 Å². The molecule has 0 aliphatic heterocycles. The first kappa shape index (κ1) is 13.3. The van der Waals surface area contributed by atoms with Crippen LogP contribution in [0.25, 0.3) is 0 Å². The molecule has 1 aromatic carbocycles. The Kier molecular flexibility index (Phi) is 5.29. The normalized spacial score (nSPS) is 17.8. The van der Waals surface area contributed by atoms with E-state index in [4.69, 9.17) is 0 Å². The number of rotatable bonds is 6. The Morgan fingerprint density at radius 3 is 2.53 bits per heavy atom. The van der Waals surface area contributed by atoms with Crippen LogP contribution in [0.5, 0.6) is 0 Å². The van der Waals surface area contributed by atoms with Crippen LogP contribution in [0.1, 0.15) is 38.2 Å². The van der Waals surface area contributed by atoms with E-state index in [1.165, 1.54) is 41.2 Å². The molecule has 1 aromatic rings. The highest BCUT2D eigenvalue weighted by Gasteiger charge is 2.26. The fourth-order valence-corrected chi connectivity index (χ4v) is 2.81. The maximum Gasteiger partial charge on any atom is 0.0136 e. The number of nitrogens with one attached hydrogen (secondary N) is 1. The van der Waals surface area contributed by atoms with E-state index < -0.39 is 0 Å². The average molecular weight is 343 g/mol. The third-order valence-electron chi connectivity index (χ3n) is 3.74. The summed E-state index contributed by atoms with van der Waals surface area (Å²) in [5.74, 6) is 0.917. The van der Waals surface area contributed by atoms with Crippen LogP contribution in [0.15, 0.2) is 24.3 Å². The van der Waals surface area contributed by atoms with E-state index in [2.05, 4.69) is 59.1 Å². The molecule has 1 aliphatic carbocycles. The Hall–Kier alpha value is -0.0900. The Labute approximate surface area is 119 Å². The zero-order valence-corrected chi connectivity index (χ0v) is 12.7. The number of hydrogen-bond acceptors (Lipinski definition) is 1. The van der Waals surface area contributed by atoms with E-state index in [-0.39, 0.29) is 0 Å². The molecule has 0 heterocycles. The van der Waals surface area contributed by atoms with Crippen molar-refractivity contribution >= 4 is 22.6 Å². The van der Waals surface area contributed by atoms with Crippen molar-refractivity contribution in [3.05, 3.63) is 33.4 Å². The van der Waals surface area contributed by atoms with Crippen LogP contribution >= 0.6 is 22.6 Å². The van der Waals surface area contributed by atoms with Gasteiger partial charge in [-0.05, 0) is 78.4 Å². The molecule has 2 rings (SSSR count). The van der Waals surface area contributed by atoms with Crippen molar-refractivity contribution < 1.29 is 0 Å². The lowest BCUT2D eigenvalue weighted by Gasteiger charge is -2.34. The summed E-state index contributed by atoms with van der Waals surface area (Å²) in [5, 5.41) is 3.73. The summed E-state index contributed by atoms with van der Waals surface area (Å²) in [7, 11) is 0. The smallest absolute Gasteiger partial charge is 0.0136 e. The van der Waals surface area contributed by atoms with Crippen LogP contribution in [-0.4, -0.2) is 12.6 Å². The van der Waals surface area contributed by atoms with Crippen LogP contribution in [-0.2, 0) is 6.42 Å². The van der Waals surface area contributed by atoms with Gasteiger partial charge in [0.15, 0.2) is 0 Å². The van der Waals surface area contributed by atoms with Crippen molar-refractivity contribution in [3.8, 4) is 0 Å². The fraction of sp³-hybridized carbons (Fsp3) is 0.600. The topological polar surface area (TPSA) is 12.0 Å². The summed E-state index contributed by atoms with van der Waals surface area (Å²) in [6, 6.07) is 9.69. The Bertz CT molecular complexity index is 329. The molecule has 0 saturated heterocycles.